The lowest BCUT2D eigenvalue weighted by Crippen LogP contribution is -2.22. The molecule has 0 rings (SSSR count). The molecule has 1 N–H and O–H groups in total. The Balaban J connectivity index is 3.70. The van der Waals surface area contributed by atoms with Crippen molar-refractivity contribution in [2.45, 2.75) is 52.6 Å². The van der Waals surface area contributed by atoms with Crippen molar-refractivity contribution >= 4 is 5.97 Å². The molecule has 14 heavy (non-hydrogen) atoms. The van der Waals surface area contributed by atoms with E-state index in [0.29, 0.717) is 6.61 Å². The SMILES string of the molecule is CCCC[C@H](C)[C@@H](O)CC(=O)OCC. The summed E-state index contributed by atoms with van der Waals surface area (Å²) in [5.41, 5.74) is 0. The van der Waals surface area contributed by atoms with Crippen LogP contribution >= 0.6 is 0 Å². The molecule has 0 heterocycles. The van der Waals surface area contributed by atoms with E-state index < -0.39 is 6.10 Å². The number of unbranched alkanes of at least 4 members (excludes halogenated alkanes) is 1. The van der Waals surface area contributed by atoms with Crippen LogP contribution < -0.4 is 0 Å². The van der Waals surface area contributed by atoms with Gasteiger partial charge < -0.3 is 9.84 Å². The van der Waals surface area contributed by atoms with Crippen LogP contribution in [0.15, 0.2) is 0 Å². The van der Waals surface area contributed by atoms with Crippen LogP contribution in [0.4, 0.5) is 0 Å². The number of aliphatic hydroxyl groups is 1. The van der Waals surface area contributed by atoms with Crippen molar-refractivity contribution in [3.63, 3.8) is 0 Å². The maximum Gasteiger partial charge on any atom is 0.308 e. The van der Waals surface area contributed by atoms with Gasteiger partial charge in [-0.25, -0.2) is 0 Å². The zero-order valence-electron chi connectivity index (χ0n) is 9.45. The van der Waals surface area contributed by atoms with Crippen molar-refractivity contribution in [1.82, 2.24) is 0 Å². The van der Waals surface area contributed by atoms with Crippen LogP contribution in [0, 0.1) is 5.92 Å². The Bertz CT molecular complexity index is 157. The average molecular weight is 202 g/mol. The summed E-state index contributed by atoms with van der Waals surface area (Å²) in [6.45, 7) is 6.24. The van der Waals surface area contributed by atoms with Crippen molar-refractivity contribution in [2.75, 3.05) is 6.61 Å². The molecule has 0 aromatic heterocycles. The molecular formula is C11H22O3. The van der Waals surface area contributed by atoms with Gasteiger partial charge in [-0.3, -0.25) is 4.79 Å². The zero-order valence-corrected chi connectivity index (χ0v) is 9.45. The predicted octanol–water partition coefficient (Wildman–Crippen LogP) is 2.13. The van der Waals surface area contributed by atoms with Crippen LogP contribution in [0.3, 0.4) is 0 Å². The molecule has 0 fully saturated rings. The fourth-order valence-corrected chi connectivity index (χ4v) is 1.31. The fraction of sp³-hybridized carbons (Fsp3) is 0.909. The zero-order chi connectivity index (χ0) is 11.0. The molecule has 0 aliphatic carbocycles. The van der Waals surface area contributed by atoms with E-state index in [0.717, 1.165) is 19.3 Å². The molecule has 0 aliphatic rings. The minimum atomic E-state index is -0.555. The van der Waals surface area contributed by atoms with Crippen LogP contribution in [-0.4, -0.2) is 23.8 Å². The molecule has 0 aliphatic heterocycles. The molecule has 0 radical (unpaired) electrons. The summed E-state index contributed by atoms with van der Waals surface area (Å²) in [7, 11) is 0. The van der Waals surface area contributed by atoms with Crippen molar-refractivity contribution in [3.8, 4) is 0 Å². The van der Waals surface area contributed by atoms with E-state index in [4.69, 9.17) is 4.74 Å². The summed E-state index contributed by atoms with van der Waals surface area (Å²) < 4.78 is 4.77. The maximum atomic E-state index is 11.0. The molecule has 0 amide bonds. The standard InChI is InChI=1S/C11H22O3/c1-4-6-7-9(3)10(12)8-11(13)14-5-2/h9-10,12H,4-8H2,1-3H3/t9-,10-/m0/s1. The third-order valence-electron chi connectivity index (χ3n) is 2.35. The van der Waals surface area contributed by atoms with Gasteiger partial charge in [0.2, 0.25) is 0 Å². The molecule has 3 nitrogen and oxygen atoms in total. The van der Waals surface area contributed by atoms with E-state index >= 15 is 0 Å². The monoisotopic (exact) mass is 202 g/mol. The molecule has 0 spiro atoms. The predicted molar refractivity (Wildman–Crippen MR) is 55.9 cm³/mol. The number of aliphatic hydroxyl groups excluding tert-OH is 1. The maximum absolute atomic E-state index is 11.0. The number of hydrogen-bond acceptors (Lipinski definition) is 3. The molecule has 84 valence electrons. The largest absolute Gasteiger partial charge is 0.466 e. The quantitative estimate of drug-likeness (QED) is 0.643. The highest BCUT2D eigenvalue weighted by Gasteiger charge is 2.17. The fourth-order valence-electron chi connectivity index (χ4n) is 1.31. The van der Waals surface area contributed by atoms with E-state index in [1.165, 1.54) is 0 Å². The van der Waals surface area contributed by atoms with Gasteiger partial charge in [0.1, 0.15) is 0 Å². The first-order chi connectivity index (χ1) is 6.61. The molecule has 0 aromatic carbocycles. The van der Waals surface area contributed by atoms with Crippen molar-refractivity contribution in [2.24, 2.45) is 5.92 Å². The number of ether oxygens (including phenoxy) is 1. The molecule has 2 atom stereocenters. The van der Waals surface area contributed by atoms with Gasteiger partial charge in [-0.05, 0) is 19.3 Å². The van der Waals surface area contributed by atoms with Crippen LogP contribution in [0.5, 0.6) is 0 Å². The number of rotatable bonds is 7. The molecule has 0 bridgehead atoms. The topological polar surface area (TPSA) is 46.5 Å². The van der Waals surface area contributed by atoms with Gasteiger partial charge in [-0.15, -0.1) is 0 Å². The Morgan fingerprint density at radius 3 is 2.57 bits per heavy atom. The molecule has 0 saturated heterocycles. The first kappa shape index (κ1) is 13.4. The van der Waals surface area contributed by atoms with E-state index in [2.05, 4.69) is 6.92 Å². The Kier molecular flexibility index (Phi) is 7.48. The molecule has 0 saturated carbocycles. The van der Waals surface area contributed by atoms with Gasteiger partial charge in [-0.1, -0.05) is 26.7 Å². The van der Waals surface area contributed by atoms with Crippen LogP contribution in [0.1, 0.15) is 46.5 Å². The minimum absolute atomic E-state index is 0.124. The summed E-state index contributed by atoms with van der Waals surface area (Å²) in [5.74, 6) is -0.122. The van der Waals surface area contributed by atoms with E-state index in [9.17, 15) is 9.90 Å². The average Bonchev–Trinajstić information content (AvgIpc) is 2.14. The number of hydrogen-bond donors (Lipinski definition) is 1. The second-order valence-electron chi connectivity index (χ2n) is 3.70. The van der Waals surface area contributed by atoms with Crippen molar-refractivity contribution < 1.29 is 14.6 Å². The number of carbonyl (C=O) groups is 1. The normalized spacial score (nSPS) is 14.9. The first-order valence-electron chi connectivity index (χ1n) is 5.45. The second kappa shape index (κ2) is 7.80. The number of esters is 1. The molecule has 0 aromatic rings. The third-order valence-corrected chi connectivity index (χ3v) is 2.35. The summed E-state index contributed by atoms with van der Waals surface area (Å²) in [6.07, 6.45) is 2.76. The molecule has 0 unspecified atom stereocenters. The van der Waals surface area contributed by atoms with E-state index in [1.807, 2.05) is 6.92 Å². The lowest BCUT2D eigenvalue weighted by atomic mass is 9.96. The summed E-state index contributed by atoms with van der Waals surface area (Å²) in [4.78, 5) is 11.0. The van der Waals surface area contributed by atoms with Gasteiger partial charge in [0, 0.05) is 0 Å². The first-order valence-corrected chi connectivity index (χ1v) is 5.45. The van der Waals surface area contributed by atoms with Gasteiger partial charge in [0.25, 0.3) is 0 Å². The Morgan fingerprint density at radius 1 is 1.43 bits per heavy atom. The van der Waals surface area contributed by atoms with Gasteiger partial charge >= 0.3 is 5.97 Å². The summed E-state index contributed by atoms with van der Waals surface area (Å²) in [6, 6.07) is 0. The summed E-state index contributed by atoms with van der Waals surface area (Å²) in [5, 5.41) is 9.64. The van der Waals surface area contributed by atoms with Crippen LogP contribution in [-0.2, 0) is 9.53 Å². The van der Waals surface area contributed by atoms with Crippen LogP contribution in [0.2, 0.25) is 0 Å². The highest BCUT2D eigenvalue weighted by atomic mass is 16.5. The van der Waals surface area contributed by atoms with Gasteiger partial charge in [0.15, 0.2) is 0 Å². The van der Waals surface area contributed by atoms with Gasteiger partial charge in [0.05, 0.1) is 19.1 Å². The molecular weight excluding hydrogens is 180 g/mol. The minimum Gasteiger partial charge on any atom is -0.466 e. The summed E-state index contributed by atoms with van der Waals surface area (Å²) >= 11 is 0. The second-order valence-corrected chi connectivity index (χ2v) is 3.70. The molecule has 3 heteroatoms. The van der Waals surface area contributed by atoms with Crippen LogP contribution in [0.25, 0.3) is 0 Å². The van der Waals surface area contributed by atoms with E-state index in [-0.39, 0.29) is 18.3 Å². The lowest BCUT2D eigenvalue weighted by molar-refractivity contribution is -0.146. The van der Waals surface area contributed by atoms with E-state index in [1.54, 1.807) is 6.92 Å². The Labute approximate surface area is 86.5 Å². The van der Waals surface area contributed by atoms with Crippen molar-refractivity contribution in [3.05, 3.63) is 0 Å². The third kappa shape index (κ3) is 5.97. The van der Waals surface area contributed by atoms with Gasteiger partial charge in [-0.2, -0.15) is 0 Å². The lowest BCUT2D eigenvalue weighted by Gasteiger charge is -2.17. The highest BCUT2D eigenvalue weighted by molar-refractivity contribution is 5.69. The Morgan fingerprint density at radius 2 is 2.07 bits per heavy atom. The van der Waals surface area contributed by atoms with Crippen molar-refractivity contribution in [1.29, 1.82) is 0 Å². The Hall–Kier alpha value is -0.570. The highest BCUT2D eigenvalue weighted by Crippen LogP contribution is 2.15. The smallest absolute Gasteiger partial charge is 0.308 e. The number of carbonyl (C=O) groups excluding carboxylic acids is 1.